The van der Waals surface area contributed by atoms with Gasteiger partial charge in [0.15, 0.2) is 0 Å². The van der Waals surface area contributed by atoms with Gasteiger partial charge >= 0.3 is 0 Å². The molecule has 2 N–H and O–H groups in total. The topological polar surface area (TPSA) is 24.1 Å². The molecule has 2 heterocycles. The van der Waals surface area contributed by atoms with E-state index < -0.39 is 0 Å². The Labute approximate surface area is 96.1 Å². The van der Waals surface area contributed by atoms with Crippen LogP contribution in [0.15, 0.2) is 11.4 Å². The Morgan fingerprint density at radius 3 is 3.00 bits per heavy atom. The number of nitrogens with one attached hydrogen (secondary N) is 2. The Hall–Kier alpha value is -0.380. The lowest BCUT2D eigenvalue weighted by Gasteiger charge is -2.23. The fourth-order valence-electron chi connectivity index (χ4n) is 2.10. The molecule has 0 aliphatic carbocycles. The zero-order valence-corrected chi connectivity index (χ0v) is 10.2. The average molecular weight is 224 g/mol. The van der Waals surface area contributed by atoms with Crippen molar-refractivity contribution in [3.05, 3.63) is 21.9 Å². The van der Waals surface area contributed by atoms with Crippen LogP contribution < -0.4 is 10.6 Å². The largest absolute Gasteiger partial charge is 0.317 e. The predicted octanol–water partition coefficient (Wildman–Crippen LogP) is 2.15. The molecule has 15 heavy (non-hydrogen) atoms. The highest BCUT2D eigenvalue weighted by Gasteiger charge is 2.12. The van der Waals surface area contributed by atoms with Crippen molar-refractivity contribution in [3.63, 3.8) is 0 Å². The molecule has 1 saturated heterocycles. The highest BCUT2D eigenvalue weighted by atomic mass is 32.1. The molecule has 1 aliphatic heterocycles. The Morgan fingerprint density at radius 2 is 2.27 bits per heavy atom. The lowest BCUT2D eigenvalue weighted by Crippen LogP contribution is -2.39. The SMILES string of the molecule is CCc1ccsc1CNC1CCNCC1. The summed E-state index contributed by atoms with van der Waals surface area (Å²) in [6, 6.07) is 2.97. The smallest absolute Gasteiger partial charge is 0.0305 e. The van der Waals surface area contributed by atoms with E-state index in [0.29, 0.717) is 0 Å². The van der Waals surface area contributed by atoms with Crippen LogP contribution in [0.5, 0.6) is 0 Å². The number of hydrogen-bond acceptors (Lipinski definition) is 3. The quantitative estimate of drug-likeness (QED) is 0.819. The summed E-state index contributed by atoms with van der Waals surface area (Å²) >= 11 is 1.88. The van der Waals surface area contributed by atoms with Gasteiger partial charge in [0.05, 0.1) is 0 Å². The molecule has 3 heteroatoms. The van der Waals surface area contributed by atoms with Crippen LogP contribution in [0.25, 0.3) is 0 Å². The van der Waals surface area contributed by atoms with E-state index in [1.165, 1.54) is 36.4 Å². The number of hydrogen-bond donors (Lipinski definition) is 2. The monoisotopic (exact) mass is 224 g/mol. The molecule has 1 aromatic heterocycles. The average Bonchev–Trinajstić information content (AvgIpc) is 2.75. The molecule has 1 aliphatic rings. The van der Waals surface area contributed by atoms with Crippen LogP contribution in [0.4, 0.5) is 0 Å². The molecule has 2 rings (SSSR count). The first kappa shape index (κ1) is 11.1. The van der Waals surface area contributed by atoms with Gasteiger partial charge in [-0.1, -0.05) is 6.92 Å². The minimum Gasteiger partial charge on any atom is -0.317 e. The molecule has 0 spiro atoms. The third-order valence-corrected chi connectivity index (χ3v) is 4.07. The first-order valence-electron chi connectivity index (χ1n) is 5.89. The van der Waals surface area contributed by atoms with Crippen molar-refractivity contribution in [1.82, 2.24) is 10.6 Å². The van der Waals surface area contributed by atoms with E-state index in [0.717, 1.165) is 19.0 Å². The van der Waals surface area contributed by atoms with Gasteiger partial charge < -0.3 is 10.6 Å². The minimum absolute atomic E-state index is 0.720. The number of thiophene rings is 1. The van der Waals surface area contributed by atoms with Crippen LogP contribution in [0.3, 0.4) is 0 Å². The molecule has 2 nitrogen and oxygen atoms in total. The van der Waals surface area contributed by atoms with E-state index in [1.807, 2.05) is 11.3 Å². The molecule has 0 saturated carbocycles. The van der Waals surface area contributed by atoms with E-state index in [4.69, 9.17) is 0 Å². The van der Waals surface area contributed by atoms with Crippen molar-refractivity contribution >= 4 is 11.3 Å². The van der Waals surface area contributed by atoms with E-state index in [-0.39, 0.29) is 0 Å². The summed E-state index contributed by atoms with van der Waals surface area (Å²) in [6.45, 7) is 5.63. The zero-order valence-electron chi connectivity index (χ0n) is 9.38. The summed E-state index contributed by atoms with van der Waals surface area (Å²) in [4.78, 5) is 1.52. The third kappa shape index (κ3) is 3.03. The van der Waals surface area contributed by atoms with Crippen molar-refractivity contribution in [3.8, 4) is 0 Å². The van der Waals surface area contributed by atoms with Gasteiger partial charge in [-0.25, -0.2) is 0 Å². The fourth-order valence-corrected chi connectivity index (χ4v) is 3.03. The number of aryl methyl sites for hydroxylation is 1. The maximum absolute atomic E-state index is 3.67. The molecule has 84 valence electrons. The van der Waals surface area contributed by atoms with Crippen LogP contribution in [-0.2, 0) is 13.0 Å². The summed E-state index contributed by atoms with van der Waals surface area (Å²) < 4.78 is 0. The first-order chi connectivity index (χ1) is 7.40. The molecule has 0 atom stereocenters. The van der Waals surface area contributed by atoms with Gasteiger partial charge in [0.2, 0.25) is 0 Å². The lowest BCUT2D eigenvalue weighted by atomic mass is 10.1. The summed E-state index contributed by atoms with van der Waals surface area (Å²) in [5.41, 5.74) is 1.52. The predicted molar refractivity (Wildman–Crippen MR) is 66.4 cm³/mol. The molecule has 0 aromatic carbocycles. The highest BCUT2D eigenvalue weighted by molar-refractivity contribution is 7.10. The van der Waals surface area contributed by atoms with Gasteiger partial charge in [-0.2, -0.15) is 0 Å². The van der Waals surface area contributed by atoms with E-state index in [1.54, 1.807) is 0 Å². The van der Waals surface area contributed by atoms with E-state index >= 15 is 0 Å². The maximum atomic E-state index is 3.67. The molecule has 0 radical (unpaired) electrons. The van der Waals surface area contributed by atoms with Crippen LogP contribution in [0, 0.1) is 0 Å². The Morgan fingerprint density at radius 1 is 1.47 bits per heavy atom. The lowest BCUT2D eigenvalue weighted by molar-refractivity contribution is 0.387. The van der Waals surface area contributed by atoms with Crippen molar-refractivity contribution in [1.29, 1.82) is 0 Å². The summed E-state index contributed by atoms with van der Waals surface area (Å²) in [6.07, 6.45) is 3.70. The number of piperidine rings is 1. The third-order valence-electron chi connectivity index (χ3n) is 3.11. The molecule has 0 bridgehead atoms. The highest BCUT2D eigenvalue weighted by Crippen LogP contribution is 2.17. The Kier molecular flexibility index (Phi) is 4.18. The van der Waals surface area contributed by atoms with Crippen molar-refractivity contribution in [2.75, 3.05) is 13.1 Å². The number of rotatable bonds is 4. The molecule has 0 unspecified atom stereocenters. The van der Waals surface area contributed by atoms with Crippen molar-refractivity contribution in [2.24, 2.45) is 0 Å². The molecular formula is C12H20N2S. The second-order valence-corrected chi connectivity index (χ2v) is 5.13. The minimum atomic E-state index is 0.720. The van der Waals surface area contributed by atoms with Gasteiger partial charge in [0, 0.05) is 17.5 Å². The first-order valence-corrected chi connectivity index (χ1v) is 6.77. The van der Waals surface area contributed by atoms with Crippen molar-refractivity contribution < 1.29 is 0 Å². The van der Waals surface area contributed by atoms with Crippen LogP contribution in [-0.4, -0.2) is 19.1 Å². The van der Waals surface area contributed by atoms with E-state index in [2.05, 4.69) is 29.0 Å². The maximum Gasteiger partial charge on any atom is 0.0305 e. The fraction of sp³-hybridized carbons (Fsp3) is 0.667. The molecule has 0 amide bonds. The summed E-state index contributed by atoms with van der Waals surface area (Å²) in [7, 11) is 0. The summed E-state index contributed by atoms with van der Waals surface area (Å²) in [5.74, 6) is 0. The molecular weight excluding hydrogens is 204 g/mol. The van der Waals surface area contributed by atoms with Gasteiger partial charge in [-0.15, -0.1) is 11.3 Å². The Bertz CT molecular complexity index is 290. The second-order valence-electron chi connectivity index (χ2n) is 4.13. The van der Waals surface area contributed by atoms with Gasteiger partial charge in [-0.3, -0.25) is 0 Å². The van der Waals surface area contributed by atoms with Gasteiger partial charge in [0.25, 0.3) is 0 Å². The van der Waals surface area contributed by atoms with Crippen LogP contribution >= 0.6 is 11.3 Å². The summed E-state index contributed by atoms with van der Waals surface area (Å²) in [5, 5.41) is 9.27. The second kappa shape index (κ2) is 5.64. The molecule has 1 fully saturated rings. The van der Waals surface area contributed by atoms with Crippen molar-refractivity contribution in [2.45, 2.75) is 38.8 Å². The Balaban J connectivity index is 1.81. The standard InChI is InChI=1S/C12H20N2S/c1-2-10-5-8-15-12(10)9-14-11-3-6-13-7-4-11/h5,8,11,13-14H,2-4,6-7,9H2,1H3. The molecule has 1 aromatic rings. The normalized spacial score (nSPS) is 18.2. The van der Waals surface area contributed by atoms with Gasteiger partial charge in [0.1, 0.15) is 0 Å². The van der Waals surface area contributed by atoms with Gasteiger partial charge in [-0.05, 0) is 49.4 Å². The van der Waals surface area contributed by atoms with E-state index in [9.17, 15) is 0 Å². The van der Waals surface area contributed by atoms with Crippen LogP contribution in [0.1, 0.15) is 30.2 Å². The van der Waals surface area contributed by atoms with Crippen LogP contribution in [0.2, 0.25) is 0 Å². The zero-order chi connectivity index (χ0) is 10.5.